The molecule has 0 saturated carbocycles. The topological polar surface area (TPSA) is 96.6 Å². The fourth-order valence-corrected chi connectivity index (χ4v) is 7.08. The zero-order valence-electron chi connectivity index (χ0n) is 18.2. The van der Waals surface area contributed by atoms with Gasteiger partial charge in [0.25, 0.3) is 5.89 Å². The highest BCUT2D eigenvalue weighted by Gasteiger charge is 2.31. The van der Waals surface area contributed by atoms with Gasteiger partial charge in [-0.2, -0.15) is 4.31 Å². The van der Waals surface area contributed by atoms with Gasteiger partial charge in [-0.25, -0.2) is 8.42 Å². The van der Waals surface area contributed by atoms with E-state index in [1.165, 1.54) is 15.6 Å². The summed E-state index contributed by atoms with van der Waals surface area (Å²) in [5.41, 5.74) is 2.28. The van der Waals surface area contributed by atoms with Crippen molar-refractivity contribution in [2.24, 2.45) is 0 Å². The molecule has 33 heavy (non-hydrogen) atoms. The number of aromatic nitrogens is 2. The van der Waals surface area contributed by atoms with Gasteiger partial charge in [0.2, 0.25) is 10.0 Å². The van der Waals surface area contributed by atoms with Crippen LogP contribution in [0.15, 0.2) is 51.8 Å². The average Bonchev–Trinajstić information content (AvgIpc) is 3.60. The van der Waals surface area contributed by atoms with E-state index in [9.17, 15) is 13.2 Å². The van der Waals surface area contributed by atoms with Gasteiger partial charge in [-0.05, 0) is 43.4 Å². The number of thiophene rings is 1. The molecule has 1 amide bonds. The van der Waals surface area contributed by atoms with Crippen LogP contribution < -0.4 is 0 Å². The summed E-state index contributed by atoms with van der Waals surface area (Å²) < 4.78 is 33.8. The highest BCUT2D eigenvalue weighted by atomic mass is 32.2. The van der Waals surface area contributed by atoms with E-state index in [1.54, 1.807) is 17.9 Å². The molecule has 1 aromatic carbocycles. The van der Waals surface area contributed by atoms with Crippen molar-refractivity contribution in [3.63, 3.8) is 0 Å². The third-order valence-corrected chi connectivity index (χ3v) is 9.18. The van der Waals surface area contributed by atoms with E-state index in [1.807, 2.05) is 36.4 Å². The zero-order valence-corrected chi connectivity index (χ0v) is 19.9. The molecule has 0 spiro atoms. The lowest BCUT2D eigenvalue weighted by Crippen LogP contribution is -2.34. The fourth-order valence-electron chi connectivity index (χ4n) is 4.21. The second kappa shape index (κ2) is 8.85. The number of nitrogens with zero attached hydrogens (tertiary/aromatic N) is 4. The van der Waals surface area contributed by atoms with Crippen LogP contribution >= 0.6 is 11.3 Å². The molecule has 3 aromatic rings. The van der Waals surface area contributed by atoms with E-state index in [2.05, 4.69) is 10.2 Å². The molecule has 5 rings (SSSR count). The van der Waals surface area contributed by atoms with E-state index in [-0.39, 0.29) is 22.6 Å². The lowest BCUT2D eigenvalue weighted by molar-refractivity contribution is 0.0754. The molecule has 1 saturated heterocycles. The Hall–Kier alpha value is -2.82. The SMILES string of the molecule is Cc1sc(-c2nnc(C(=O)N3CCCC3)o2)cc1S(=O)(=O)N1CC=C(c2ccccc2)CC1. The van der Waals surface area contributed by atoms with Crippen LogP contribution in [0, 0.1) is 6.92 Å². The summed E-state index contributed by atoms with van der Waals surface area (Å²) in [6.45, 7) is 3.89. The summed E-state index contributed by atoms with van der Waals surface area (Å²) in [6.07, 6.45) is 4.57. The monoisotopic (exact) mass is 484 g/mol. The number of hydrogen-bond acceptors (Lipinski definition) is 7. The molecule has 2 aliphatic heterocycles. The predicted molar refractivity (Wildman–Crippen MR) is 125 cm³/mol. The maximum Gasteiger partial charge on any atom is 0.311 e. The van der Waals surface area contributed by atoms with Crippen LogP contribution in [-0.4, -0.2) is 59.9 Å². The Balaban J connectivity index is 1.35. The number of benzene rings is 1. The smallest absolute Gasteiger partial charge is 0.311 e. The molecule has 1 fully saturated rings. The lowest BCUT2D eigenvalue weighted by atomic mass is 10.0. The van der Waals surface area contributed by atoms with E-state index in [0.717, 1.165) is 24.0 Å². The molecule has 0 aliphatic carbocycles. The third-order valence-electron chi connectivity index (χ3n) is 6.02. The third kappa shape index (κ3) is 4.25. The molecule has 8 nitrogen and oxygen atoms in total. The number of carbonyl (C=O) groups excluding carboxylic acids is 1. The number of hydrogen-bond donors (Lipinski definition) is 0. The standard InChI is InChI=1S/C23H24N4O4S2/c1-16-20(33(29,30)27-13-9-18(10-14-27)17-7-3-2-4-8-17)15-19(32-16)21-24-25-22(31-21)23(28)26-11-5-6-12-26/h2-4,7-9,15H,5-6,10-14H2,1H3. The summed E-state index contributed by atoms with van der Waals surface area (Å²) in [5, 5.41) is 7.90. The van der Waals surface area contributed by atoms with Crippen LogP contribution in [0.4, 0.5) is 0 Å². The molecule has 0 atom stereocenters. The quantitative estimate of drug-likeness (QED) is 0.546. The Kier molecular flexibility index (Phi) is 5.90. The molecular formula is C23H24N4O4S2. The van der Waals surface area contributed by atoms with Crippen molar-refractivity contribution in [2.75, 3.05) is 26.2 Å². The molecule has 0 bridgehead atoms. The maximum absolute atomic E-state index is 13.4. The minimum Gasteiger partial charge on any atom is -0.411 e. The first-order valence-electron chi connectivity index (χ1n) is 10.9. The van der Waals surface area contributed by atoms with Crippen molar-refractivity contribution in [2.45, 2.75) is 31.1 Å². The number of amides is 1. The number of likely N-dealkylation sites (tertiary alicyclic amines) is 1. The molecular weight excluding hydrogens is 460 g/mol. The van der Waals surface area contributed by atoms with Gasteiger partial charge in [0.1, 0.15) is 0 Å². The van der Waals surface area contributed by atoms with Gasteiger partial charge < -0.3 is 9.32 Å². The van der Waals surface area contributed by atoms with Crippen LogP contribution in [0.25, 0.3) is 16.3 Å². The summed E-state index contributed by atoms with van der Waals surface area (Å²) in [4.78, 5) is 15.6. The highest BCUT2D eigenvalue weighted by Crippen LogP contribution is 2.35. The van der Waals surface area contributed by atoms with Crippen molar-refractivity contribution in [3.05, 3.63) is 58.8 Å². The molecule has 0 radical (unpaired) electrons. The highest BCUT2D eigenvalue weighted by molar-refractivity contribution is 7.89. The Morgan fingerprint density at radius 3 is 2.55 bits per heavy atom. The lowest BCUT2D eigenvalue weighted by Gasteiger charge is -2.26. The molecule has 0 unspecified atom stereocenters. The first-order chi connectivity index (χ1) is 15.9. The Bertz CT molecular complexity index is 1310. The van der Waals surface area contributed by atoms with Crippen molar-refractivity contribution in [1.29, 1.82) is 0 Å². The summed E-state index contributed by atoms with van der Waals surface area (Å²) in [6, 6.07) is 11.6. The molecule has 0 N–H and O–H groups in total. The molecule has 10 heteroatoms. The summed E-state index contributed by atoms with van der Waals surface area (Å²) in [7, 11) is -3.67. The van der Waals surface area contributed by atoms with Crippen LogP contribution in [0.5, 0.6) is 0 Å². The molecule has 2 aliphatic rings. The van der Waals surface area contributed by atoms with Gasteiger partial charge >= 0.3 is 11.8 Å². The van der Waals surface area contributed by atoms with Crippen LogP contribution in [-0.2, 0) is 10.0 Å². The van der Waals surface area contributed by atoms with Crippen molar-refractivity contribution in [1.82, 2.24) is 19.4 Å². The van der Waals surface area contributed by atoms with Crippen LogP contribution in [0.1, 0.15) is 40.4 Å². The van der Waals surface area contributed by atoms with Gasteiger partial charge in [0.15, 0.2) is 0 Å². The van der Waals surface area contributed by atoms with Crippen LogP contribution in [0.2, 0.25) is 0 Å². The van der Waals surface area contributed by atoms with Gasteiger partial charge in [-0.3, -0.25) is 4.79 Å². The number of carbonyl (C=O) groups is 1. The summed E-state index contributed by atoms with van der Waals surface area (Å²) >= 11 is 1.27. The second-order valence-electron chi connectivity index (χ2n) is 8.15. The van der Waals surface area contributed by atoms with E-state index < -0.39 is 10.0 Å². The largest absolute Gasteiger partial charge is 0.411 e. The van der Waals surface area contributed by atoms with E-state index in [4.69, 9.17) is 4.42 Å². The Labute approximate surface area is 196 Å². The molecule has 2 aromatic heterocycles. The number of aryl methyl sites for hydroxylation is 1. The maximum atomic E-state index is 13.4. The van der Waals surface area contributed by atoms with Crippen molar-refractivity contribution < 1.29 is 17.6 Å². The average molecular weight is 485 g/mol. The molecule has 172 valence electrons. The zero-order chi connectivity index (χ0) is 23.0. The minimum atomic E-state index is -3.67. The van der Waals surface area contributed by atoms with Gasteiger partial charge in [0.05, 0.1) is 9.77 Å². The molecule has 4 heterocycles. The van der Waals surface area contributed by atoms with Crippen molar-refractivity contribution in [3.8, 4) is 10.8 Å². The summed E-state index contributed by atoms with van der Waals surface area (Å²) in [5.74, 6) is -0.171. The number of sulfonamides is 1. The van der Waals surface area contributed by atoms with E-state index in [0.29, 0.717) is 42.4 Å². The Morgan fingerprint density at radius 2 is 1.85 bits per heavy atom. The minimum absolute atomic E-state index is 0.0584. The normalized spacial score (nSPS) is 17.4. The van der Waals surface area contributed by atoms with Gasteiger partial charge in [0, 0.05) is 31.1 Å². The fraction of sp³-hybridized carbons (Fsp3) is 0.348. The van der Waals surface area contributed by atoms with Gasteiger partial charge in [-0.1, -0.05) is 36.4 Å². The van der Waals surface area contributed by atoms with Gasteiger partial charge in [-0.15, -0.1) is 21.5 Å². The first kappa shape index (κ1) is 22.0. The van der Waals surface area contributed by atoms with Crippen molar-refractivity contribution >= 4 is 32.8 Å². The Morgan fingerprint density at radius 1 is 1.09 bits per heavy atom. The first-order valence-corrected chi connectivity index (χ1v) is 13.2. The predicted octanol–water partition coefficient (Wildman–Crippen LogP) is 3.82. The van der Waals surface area contributed by atoms with Crippen LogP contribution in [0.3, 0.4) is 0 Å². The number of rotatable bonds is 5. The van der Waals surface area contributed by atoms with E-state index >= 15 is 0 Å². The second-order valence-corrected chi connectivity index (χ2v) is 11.3.